The number of nitrogens with zero attached hydrogens (tertiary/aromatic N) is 2. The van der Waals surface area contributed by atoms with Crippen LogP contribution in [0.5, 0.6) is 0 Å². The van der Waals surface area contributed by atoms with E-state index in [1.807, 2.05) is 0 Å². The summed E-state index contributed by atoms with van der Waals surface area (Å²) in [6, 6.07) is 6.37. The zero-order valence-corrected chi connectivity index (χ0v) is 14.5. The molecule has 3 aromatic heterocycles. The van der Waals surface area contributed by atoms with E-state index in [1.54, 1.807) is 22.7 Å². The largest absolute Gasteiger partial charge is 0.368 e. The van der Waals surface area contributed by atoms with Gasteiger partial charge in [0, 0.05) is 21.7 Å². The normalized spacial score (nSPS) is 12.0. The molecule has 0 fully saturated rings. The molecule has 6 heteroatoms. The lowest BCUT2D eigenvalue weighted by Gasteiger charge is -2.24. The molecule has 1 N–H and O–H groups in total. The van der Waals surface area contributed by atoms with E-state index in [0.29, 0.717) is 5.28 Å². The van der Waals surface area contributed by atoms with Gasteiger partial charge in [-0.05, 0) is 36.0 Å². The van der Waals surface area contributed by atoms with Crippen LogP contribution >= 0.6 is 34.3 Å². The standard InChI is InChI=1S/C15H16ClN3S2/c1-9-7-10-12(18-14(16)19-13(10)21-9)17-8-15(2,3)11-5-4-6-20-11/h4-7H,8H2,1-3H3,(H,17,18,19). The first-order valence-electron chi connectivity index (χ1n) is 6.67. The van der Waals surface area contributed by atoms with E-state index in [-0.39, 0.29) is 5.41 Å². The molecule has 0 amide bonds. The molecule has 3 nitrogen and oxygen atoms in total. The second kappa shape index (κ2) is 5.55. The highest BCUT2D eigenvalue weighted by Gasteiger charge is 2.22. The van der Waals surface area contributed by atoms with Crippen LogP contribution in [-0.4, -0.2) is 16.5 Å². The average molecular weight is 338 g/mol. The second-order valence-corrected chi connectivity index (χ2v) is 8.15. The second-order valence-electron chi connectivity index (χ2n) is 5.63. The lowest BCUT2D eigenvalue weighted by molar-refractivity contribution is 0.568. The fraction of sp³-hybridized carbons (Fsp3) is 0.333. The number of rotatable bonds is 4. The Morgan fingerprint density at radius 3 is 2.86 bits per heavy atom. The van der Waals surface area contributed by atoms with E-state index in [9.17, 15) is 0 Å². The highest BCUT2D eigenvalue weighted by atomic mass is 35.5. The summed E-state index contributed by atoms with van der Waals surface area (Å²) in [4.78, 5) is 12.1. The van der Waals surface area contributed by atoms with Crippen LogP contribution in [0.15, 0.2) is 23.6 Å². The molecule has 0 saturated heterocycles. The third kappa shape index (κ3) is 3.05. The third-order valence-electron chi connectivity index (χ3n) is 3.37. The van der Waals surface area contributed by atoms with Crippen LogP contribution in [0.1, 0.15) is 23.6 Å². The van der Waals surface area contributed by atoms with Crippen LogP contribution in [0.4, 0.5) is 5.82 Å². The predicted octanol–water partition coefficient (Wildman–Crippen LogP) is 5.10. The summed E-state index contributed by atoms with van der Waals surface area (Å²) < 4.78 is 0. The van der Waals surface area contributed by atoms with Gasteiger partial charge in [-0.2, -0.15) is 0 Å². The molecule has 0 aliphatic rings. The number of halogens is 1. The van der Waals surface area contributed by atoms with E-state index < -0.39 is 0 Å². The molecule has 0 saturated carbocycles. The Balaban J connectivity index is 1.88. The average Bonchev–Trinajstić information content (AvgIpc) is 3.04. The smallest absolute Gasteiger partial charge is 0.225 e. The molecule has 0 spiro atoms. The van der Waals surface area contributed by atoms with Gasteiger partial charge in [0.15, 0.2) is 0 Å². The summed E-state index contributed by atoms with van der Waals surface area (Å²) in [6.45, 7) is 7.32. The SMILES string of the molecule is Cc1cc2c(NCC(C)(C)c3cccs3)nc(Cl)nc2s1. The molecule has 3 heterocycles. The van der Waals surface area contributed by atoms with Crippen molar-refractivity contribution in [1.82, 2.24) is 9.97 Å². The highest BCUT2D eigenvalue weighted by Crippen LogP contribution is 2.32. The van der Waals surface area contributed by atoms with Crippen molar-refractivity contribution in [3.63, 3.8) is 0 Å². The van der Waals surface area contributed by atoms with E-state index >= 15 is 0 Å². The minimum Gasteiger partial charge on any atom is -0.368 e. The topological polar surface area (TPSA) is 37.8 Å². The van der Waals surface area contributed by atoms with Gasteiger partial charge in [0.2, 0.25) is 5.28 Å². The Labute approximate surface area is 137 Å². The maximum Gasteiger partial charge on any atom is 0.225 e. The predicted molar refractivity (Wildman–Crippen MR) is 93.0 cm³/mol. The Kier molecular flexibility index (Phi) is 3.90. The van der Waals surface area contributed by atoms with Gasteiger partial charge in [0.1, 0.15) is 10.6 Å². The molecule has 21 heavy (non-hydrogen) atoms. The molecular weight excluding hydrogens is 322 g/mol. The van der Waals surface area contributed by atoms with Gasteiger partial charge in [-0.25, -0.2) is 9.97 Å². The van der Waals surface area contributed by atoms with E-state index in [2.05, 4.69) is 59.6 Å². The van der Waals surface area contributed by atoms with Crippen LogP contribution in [-0.2, 0) is 5.41 Å². The Morgan fingerprint density at radius 1 is 1.33 bits per heavy atom. The van der Waals surface area contributed by atoms with Crippen molar-refractivity contribution in [2.75, 3.05) is 11.9 Å². The van der Waals surface area contributed by atoms with Crippen molar-refractivity contribution in [3.8, 4) is 0 Å². The Morgan fingerprint density at radius 2 is 2.14 bits per heavy atom. The first kappa shape index (κ1) is 14.8. The minimum absolute atomic E-state index is 0.0446. The summed E-state index contributed by atoms with van der Waals surface area (Å²) in [7, 11) is 0. The summed E-state index contributed by atoms with van der Waals surface area (Å²) in [5.41, 5.74) is 0.0446. The monoisotopic (exact) mass is 337 g/mol. The van der Waals surface area contributed by atoms with Crippen LogP contribution in [0.3, 0.4) is 0 Å². The molecule has 0 aliphatic heterocycles. The summed E-state index contributed by atoms with van der Waals surface area (Å²) in [5.74, 6) is 0.819. The number of hydrogen-bond donors (Lipinski definition) is 1. The van der Waals surface area contributed by atoms with Crippen molar-refractivity contribution in [3.05, 3.63) is 38.6 Å². The first-order valence-corrected chi connectivity index (χ1v) is 8.75. The first-order chi connectivity index (χ1) is 9.95. The molecule has 0 radical (unpaired) electrons. The zero-order valence-electron chi connectivity index (χ0n) is 12.1. The summed E-state index contributed by atoms with van der Waals surface area (Å²) in [5, 5.41) is 6.90. The number of aromatic nitrogens is 2. The minimum atomic E-state index is 0.0446. The number of aryl methyl sites for hydroxylation is 1. The Hall–Kier alpha value is -1.17. The lowest BCUT2D eigenvalue weighted by atomic mass is 9.91. The van der Waals surface area contributed by atoms with Gasteiger partial charge in [-0.15, -0.1) is 22.7 Å². The lowest BCUT2D eigenvalue weighted by Crippen LogP contribution is -2.27. The fourth-order valence-corrected chi connectivity index (χ4v) is 4.16. The van der Waals surface area contributed by atoms with Crippen molar-refractivity contribution < 1.29 is 0 Å². The molecule has 0 atom stereocenters. The van der Waals surface area contributed by atoms with Crippen LogP contribution in [0, 0.1) is 6.92 Å². The van der Waals surface area contributed by atoms with Crippen molar-refractivity contribution >= 4 is 50.3 Å². The van der Waals surface area contributed by atoms with Gasteiger partial charge in [-0.1, -0.05) is 19.9 Å². The fourth-order valence-electron chi connectivity index (χ4n) is 2.21. The van der Waals surface area contributed by atoms with Crippen molar-refractivity contribution in [2.24, 2.45) is 0 Å². The quantitative estimate of drug-likeness (QED) is 0.673. The molecule has 0 unspecified atom stereocenters. The molecule has 3 aromatic rings. The number of thiophene rings is 2. The van der Waals surface area contributed by atoms with Crippen LogP contribution in [0.2, 0.25) is 5.28 Å². The molecular formula is C15H16ClN3S2. The van der Waals surface area contributed by atoms with Gasteiger partial charge in [0.05, 0.1) is 5.39 Å². The van der Waals surface area contributed by atoms with Crippen molar-refractivity contribution in [1.29, 1.82) is 0 Å². The van der Waals surface area contributed by atoms with Gasteiger partial charge >= 0.3 is 0 Å². The number of anilines is 1. The zero-order chi connectivity index (χ0) is 15.0. The number of nitrogens with one attached hydrogen (secondary N) is 1. The van der Waals surface area contributed by atoms with E-state index in [4.69, 9.17) is 11.6 Å². The van der Waals surface area contributed by atoms with Crippen LogP contribution in [0.25, 0.3) is 10.2 Å². The number of hydrogen-bond acceptors (Lipinski definition) is 5. The molecule has 0 aliphatic carbocycles. The molecule has 0 aromatic carbocycles. The van der Waals surface area contributed by atoms with Gasteiger partial charge in [-0.3, -0.25) is 0 Å². The third-order valence-corrected chi connectivity index (χ3v) is 5.72. The van der Waals surface area contributed by atoms with Gasteiger partial charge in [0.25, 0.3) is 0 Å². The molecule has 3 rings (SSSR count). The van der Waals surface area contributed by atoms with Crippen LogP contribution < -0.4 is 5.32 Å². The molecule has 0 bridgehead atoms. The summed E-state index contributed by atoms with van der Waals surface area (Å²) in [6.07, 6.45) is 0. The van der Waals surface area contributed by atoms with E-state index in [0.717, 1.165) is 22.6 Å². The van der Waals surface area contributed by atoms with Gasteiger partial charge < -0.3 is 5.32 Å². The van der Waals surface area contributed by atoms with Crippen molar-refractivity contribution in [2.45, 2.75) is 26.2 Å². The highest BCUT2D eigenvalue weighted by molar-refractivity contribution is 7.18. The number of fused-ring (bicyclic) bond motifs is 1. The van der Waals surface area contributed by atoms with E-state index in [1.165, 1.54) is 9.75 Å². The summed E-state index contributed by atoms with van der Waals surface area (Å²) >= 11 is 9.45. The maximum atomic E-state index is 6.03. The molecule has 110 valence electrons. The maximum absolute atomic E-state index is 6.03. The Bertz CT molecular complexity index is 763.